The Morgan fingerprint density at radius 2 is 1.76 bits per heavy atom. The minimum absolute atomic E-state index is 0.0341. The molecule has 21 heavy (non-hydrogen) atoms. The third kappa shape index (κ3) is 3.89. The van der Waals surface area contributed by atoms with E-state index in [1.54, 1.807) is 6.07 Å². The molecule has 1 saturated carbocycles. The second-order valence-electron chi connectivity index (χ2n) is 5.67. The average Bonchev–Trinajstić information content (AvgIpc) is 2.48. The first-order valence-corrected chi connectivity index (χ1v) is 7.33. The molecule has 0 aliphatic heterocycles. The fourth-order valence-electron chi connectivity index (χ4n) is 3.14. The predicted octanol–water partition coefficient (Wildman–Crippen LogP) is 5.29. The minimum atomic E-state index is -2.25. The van der Waals surface area contributed by atoms with Gasteiger partial charge in [0.25, 0.3) is 0 Å². The molecule has 1 aromatic rings. The highest BCUT2D eigenvalue weighted by Crippen LogP contribution is 2.40. The molecule has 0 amide bonds. The molecule has 0 N–H and O–H groups in total. The number of methoxy groups -OCH3 is 1. The van der Waals surface area contributed by atoms with Gasteiger partial charge in [-0.1, -0.05) is 6.07 Å². The SMILES string of the molecule is COc1ccc(C2CCC(CCC(F)F)CC2)c(F)c1F. The maximum atomic E-state index is 14.0. The summed E-state index contributed by atoms with van der Waals surface area (Å²) in [5.74, 6) is -1.64. The molecule has 1 aliphatic rings. The number of rotatable bonds is 5. The number of ether oxygens (including phenoxy) is 1. The normalized spacial score (nSPS) is 22.6. The molecule has 0 unspecified atom stereocenters. The Bertz CT molecular complexity index is 468. The summed E-state index contributed by atoms with van der Waals surface area (Å²) < 4.78 is 56.9. The Labute approximate surface area is 122 Å². The fraction of sp³-hybridized carbons (Fsp3) is 0.625. The molecule has 0 spiro atoms. The van der Waals surface area contributed by atoms with Crippen molar-refractivity contribution in [2.75, 3.05) is 7.11 Å². The van der Waals surface area contributed by atoms with Crippen molar-refractivity contribution in [3.63, 3.8) is 0 Å². The third-order valence-electron chi connectivity index (χ3n) is 4.38. The molecule has 1 aromatic carbocycles. The molecule has 0 atom stereocenters. The number of hydrogen-bond acceptors (Lipinski definition) is 1. The molecule has 1 nitrogen and oxygen atoms in total. The minimum Gasteiger partial charge on any atom is -0.494 e. The molecule has 0 bridgehead atoms. The van der Waals surface area contributed by atoms with Crippen molar-refractivity contribution in [2.24, 2.45) is 5.92 Å². The maximum Gasteiger partial charge on any atom is 0.238 e. The molecule has 118 valence electrons. The average molecular weight is 304 g/mol. The van der Waals surface area contributed by atoms with Gasteiger partial charge in [0.05, 0.1) is 7.11 Å². The summed E-state index contributed by atoms with van der Waals surface area (Å²) in [6, 6.07) is 3.01. The lowest BCUT2D eigenvalue weighted by atomic mass is 9.77. The van der Waals surface area contributed by atoms with Gasteiger partial charge in [0.1, 0.15) is 0 Å². The summed E-state index contributed by atoms with van der Waals surface area (Å²) in [6.07, 6.45) is 1.23. The van der Waals surface area contributed by atoms with Crippen LogP contribution >= 0.6 is 0 Å². The lowest BCUT2D eigenvalue weighted by molar-refractivity contribution is 0.122. The Morgan fingerprint density at radius 3 is 2.33 bits per heavy atom. The largest absolute Gasteiger partial charge is 0.494 e. The topological polar surface area (TPSA) is 9.23 Å². The van der Waals surface area contributed by atoms with E-state index in [-0.39, 0.29) is 24.0 Å². The van der Waals surface area contributed by atoms with E-state index in [1.165, 1.54) is 13.2 Å². The van der Waals surface area contributed by atoms with Crippen LogP contribution in [0, 0.1) is 17.6 Å². The Balaban J connectivity index is 1.98. The van der Waals surface area contributed by atoms with Crippen LogP contribution in [0.5, 0.6) is 5.75 Å². The molecule has 2 rings (SSSR count). The molecule has 0 saturated heterocycles. The zero-order valence-corrected chi connectivity index (χ0v) is 12.0. The summed E-state index contributed by atoms with van der Waals surface area (Å²) in [5, 5.41) is 0. The van der Waals surface area contributed by atoms with Crippen molar-refractivity contribution in [1.29, 1.82) is 0 Å². The van der Waals surface area contributed by atoms with E-state index in [1.807, 2.05) is 0 Å². The van der Waals surface area contributed by atoms with Gasteiger partial charge >= 0.3 is 0 Å². The molecule has 0 aromatic heterocycles. The van der Waals surface area contributed by atoms with Gasteiger partial charge in [-0.3, -0.25) is 0 Å². The standard InChI is InChI=1S/C16H20F4O/c1-21-13-8-7-12(15(19)16(13)20)11-5-2-10(3-6-11)4-9-14(17)18/h7-8,10-11,14H,2-6,9H2,1H3. The number of halogens is 4. The van der Waals surface area contributed by atoms with Crippen LogP contribution in [0.4, 0.5) is 17.6 Å². The predicted molar refractivity (Wildman–Crippen MR) is 72.8 cm³/mol. The smallest absolute Gasteiger partial charge is 0.238 e. The molecule has 0 radical (unpaired) electrons. The first-order valence-electron chi connectivity index (χ1n) is 7.33. The Kier molecular flexibility index (Phi) is 5.48. The Hall–Kier alpha value is -1.26. The summed E-state index contributed by atoms with van der Waals surface area (Å²) in [7, 11) is 1.30. The lowest BCUT2D eigenvalue weighted by Crippen LogP contribution is -2.15. The second-order valence-corrected chi connectivity index (χ2v) is 5.67. The van der Waals surface area contributed by atoms with Crippen molar-refractivity contribution >= 4 is 0 Å². The molecular formula is C16H20F4O. The quantitative estimate of drug-likeness (QED) is 0.671. The number of hydrogen-bond donors (Lipinski definition) is 0. The summed E-state index contributed by atoms with van der Waals surface area (Å²) in [6.45, 7) is 0. The lowest BCUT2D eigenvalue weighted by Gasteiger charge is -2.29. The van der Waals surface area contributed by atoms with E-state index in [4.69, 9.17) is 4.74 Å². The Morgan fingerprint density at radius 1 is 1.10 bits per heavy atom. The van der Waals surface area contributed by atoms with Gasteiger partial charge in [0.15, 0.2) is 11.6 Å². The van der Waals surface area contributed by atoms with Crippen LogP contribution in [0.2, 0.25) is 0 Å². The van der Waals surface area contributed by atoms with Gasteiger partial charge in [0.2, 0.25) is 12.2 Å². The highest BCUT2D eigenvalue weighted by molar-refractivity contribution is 5.33. The second kappa shape index (κ2) is 7.14. The van der Waals surface area contributed by atoms with Gasteiger partial charge in [-0.15, -0.1) is 0 Å². The third-order valence-corrected chi connectivity index (χ3v) is 4.38. The van der Waals surface area contributed by atoms with Crippen LogP contribution in [0.15, 0.2) is 12.1 Å². The van der Waals surface area contributed by atoms with E-state index in [0.717, 1.165) is 25.7 Å². The monoisotopic (exact) mass is 304 g/mol. The molecule has 0 heterocycles. The van der Waals surface area contributed by atoms with Crippen molar-refractivity contribution in [3.8, 4) is 5.75 Å². The van der Waals surface area contributed by atoms with Crippen LogP contribution in [-0.2, 0) is 0 Å². The number of alkyl halides is 2. The van der Waals surface area contributed by atoms with Gasteiger partial charge in [0, 0.05) is 6.42 Å². The van der Waals surface area contributed by atoms with Crippen LogP contribution in [0.25, 0.3) is 0 Å². The molecule has 1 aliphatic carbocycles. The first-order chi connectivity index (χ1) is 10.0. The van der Waals surface area contributed by atoms with Gasteiger partial charge in [-0.05, 0) is 55.6 Å². The van der Waals surface area contributed by atoms with Crippen LogP contribution < -0.4 is 4.74 Å². The van der Waals surface area contributed by atoms with E-state index < -0.39 is 18.1 Å². The zero-order valence-electron chi connectivity index (χ0n) is 12.0. The number of benzene rings is 1. The van der Waals surface area contributed by atoms with Crippen molar-refractivity contribution in [3.05, 3.63) is 29.3 Å². The van der Waals surface area contributed by atoms with E-state index in [9.17, 15) is 17.6 Å². The van der Waals surface area contributed by atoms with Crippen LogP contribution in [0.1, 0.15) is 50.0 Å². The van der Waals surface area contributed by atoms with E-state index in [2.05, 4.69) is 0 Å². The van der Waals surface area contributed by atoms with E-state index in [0.29, 0.717) is 12.0 Å². The molecule has 1 fully saturated rings. The van der Waals surface area contributed by atoms with Crippen LogP contribution in [0.3, 0.4) is 0 Å². The maximum absolute atomic E-state index is 14.0. The fourth-order valence-corrected chi connectivity index (χ4v) is 3.14. The van der Waals surface area contributed by atoms with Crippen molar-refractivity contribution < 1.29 is 22.3 Å². The highest BCUT2D eigenvalue weighted by atomic mass is 19.3. The first kappa shape index (κ1) is 16.1. The van der Waals surface area contributed by atoms with E-state index >= 15 is 0 Å². The van der Waals surface area contributed by atoms with Crippen LogP contribution in [-0.4, -0.2) is 13.5 Å². The zero-order chi connectivity index (χ0) is 15.4. The van der Waals surface area contributed by atoms with Gasteiger partial charge in [-0.2, -0.15) is 4.39 Å². The van der Waals surface area contributed by atoms with Crippen molar-refractivity contribution in [1.82, 2.24) is 0 Å². The highest BCUT2D eigenvalue weighted by Gasteiger charge is 2.26. The summed E-state index contributed by atoms with van der Waals surface area (Å²) in [4.78, 5) is 0. The molecular weight excluding hydrogens is 284 g/mol. The summed E-state index contributed by atoms with van der Waals surface area (Å²) in [5.41, 5.74) is 0.376. The van der Waals surface area contributed by atoms with Gasteiger partial charge in [-0.25, -0.2) is 13.2 Å². The van der Waals surface area contributed by atoms with Gasteiger partial charge < -0.3 is 4.74 Å². The summed E-state index contributed by atoms with van der Waals surface area (Å²) >= 11 is 0. The molecule has 5 heteroatoms. The van der Waals surface area contributed by atoms with Crippen molar-refractivity contribution in [2.45, 2.75) is 50.9 Å².